The van der Waals surface area contributed by atoms with Crippen molar-refractivity contribution >= 4 is 27.9 Å². The zero-order chi connectivity index (χ0) is 22.9. The summed E-state index contributed by atoms with van der Waals surface area (Å²) in [7, 11) is -2.78. The highest BCUT2D eigenvalue weighted by molar-refractivity contribution is 7.79. The van der Waals surface area contributed by atoms with Crippen molar-refractivity contribution in [1.29, 1.82) is 0 Å². The minimum absolute atomic E-state index is 0.188. The third kappa shape index (κ3) is 4.78. The zero-order valence-corrected chi connectivity index (χ0v) is 17.8. The number of fused-ring (bicyclic) bond motifs is 1. The van der Waals surface area contributed by atoms with Gasteiger partial charge >= 0.3 is 10.4 Å². The smallest absolute Gasteiger partial charge is 0.388 e. The lowest BCUT2D eigenvalue weighted by Crippen LogP contribution is -2.64. The summed E-state index contributed by atoms with van der Waals surface area (Å²) >= 11 is 0. The van der Waals surface area contributed by atoms with Crippen molar-refractivity contribution in [3.05, 3.63) is 0 Å². The molecule has 15 heteroatoms. The second-order valence-corrected chi connectivity index (χ2v) is 7.99. The number of nitrogens with two attached hydrogens (primary N) is 2. The topological polar surface area (TPSA) is 220 Å². The van der Waals surface area contributed by atoms with Crippen LogP contribution in [0.4, 0.5) is 0 Å². The van der Waals surface area contributed by atoms with Crippen LogP contribution in [-0.4, -0.2) is 112 Å². The van der Waals surface area contributed by atoms with E-state index in [1.807, 2.05) is 11.9 Å². The van der Waals surface area contributed by atoms with Gasteiger partial charge in [-0.2, -0.15) is 8.42 Å². The molecule has 3 heterocycles. The average molecular weight is 452 g/mol. The van der Waals surface area contributed by atoms with E-state index in [9.17, 15) is 10.2 Å². The number of aliphatic imine (C=N–C) groups is 3. The second-order valence-electron chi connectivity index (χ2n) is 7.09. The first-order valence-corrected chi connectivity index (χ1v) is 10.6. The maximum Gasteiger partial charge on any atom is 0.394 e. The first-order chi connectivity index (χ1) is 13.8. The minimum atomic E-state index is -4.67. The molecule has 14 nitrogen and oxygen atoms in total. The van der Waals surface area contributed by atoms with Gasteiger partial charge in [0.2, 0.25) is 5.66 Å². The number of aliphatic hydroxyl groups is 2. The van der Waals surface area contributed by atoms with Crippen LogP contribution in [0, 0.1) is 0 Å². The fraction of sp³-hybridized carbons (Fsp3) is 0.800. The predicted molar refractivity (Wildman–Crippen MR) is 108 cm³/mol. The summed E-state index contributed by atoms with van der Waals surface area (Å²) in [4.78, 5) is 17.2. The molecule has 3 rings (SSSR count). The molecule has 5 atom stereocenters. The van der Waals surface area contributed by atoms with Crippen molar-refractivity contribution in [2.75, 3.05) is 26.8 Å². The van der Waals surface area contributed by atoms with Crippen LogP contribution in [0.2, 0.25) is 0 Å². The first kappa shape index (κ1) is 24.5. The summed E-state index contributed by atoms with van der Waals surface area (Å²) in [5.41, 5.74) is 10.9. The Morgan fingerprint density at radius 1 is 1.30 bits per heavy atom. The molecule has 172 valence electrons. The number of aliphatic hydroxyl groups excluding tert-OH is 2. The summed E-state index contributed by atoms with van der Waals surface area (Å²) in [5.74, 6) is 1.51. The molecule has 1 saturated heterocycles. The zero-order valence-electron chi connectivity index (χ0n) is 17.0. The lowest BCUT2D eigenvalue weighted by atomic mass is 10.0. The molecule has 30 heavy (non-hydrogen) atoms. The normalized spacial score (nSPS) is 33.5. The standard InChI is InChI=1S/C15H27N7O3.H2O4S/c1-8-10(23)11(24)12(25-8)22-9(2)20-15(21(3)6-4-5-16)13(17)18-7-19-14(15)22;1-5(2,3)4/h8,10-12,23-24H,4-7,16H2,1-3H3,(H2,17,18);(H2,1,2,3,4)/t8-,10-,11-,12-,15?;/m1./s1. The van der Waals surface area contributed by atoms with Crippen molar-refractivity contribution in [3.63, 3.8) is 0 Å². The van der Waals surface area contributed by atoms with E-state index in [1.54, 1.807) is 18.7 Å². The molecular weight excluding hydrogens is 422 g/mol. The maximum absolute atomic E-state index is 10.4. The highest BCUT2D eigenvalue weighted by atomic mass is 32.3. The molecule has 8 N–H and O–H groups in total. The van der Waals surface area contributed by atoms with E-state index in [0.29, 0.717) is 30.6 Å². The van der Waals surface area contributed by atoms with Crippen molar-refractivity contribution in [3.8, 4) is 0 Å². The van der Waals surface area contributed by atoms with E-state index in [0.717, 1.165) is 6.42 Å². The van der Waals surface area contributed by atoms with Gasteiger partial charge in [-0.3, -0.25) is 18.9 Å². The number of ether oxygens (including phenoxy) is 1. The van der Waals surface area contributed by atoms with Gasteiger partial charge < -0.3 is 26.4 Å². The third-order valence-corrected chi connectivity index (χ3v) is 5.01. The largest absolute Gasteiger partial charge is 0.394 e. The van der Waals surface area contributed by atoms with Crippen LogP contribution in [-0.2, 0) is 15.1 Å². The van der Waals surface area contributed by atoms with Gasteiger partial charge in [0.15, 0.2) is 12.1 Å². The van der Waals surface area contributed by atoms with E-state index < -0.39 is 40.6 Å². The molecule has 0 aromatic carbocycles. The molecule has 0 spiro atoms. The van der Waals surface area contributed by atoms with Gasteiger partial charge in [0.25, 0.3) is 0 Å². The van der Waals surface area contributed by atoms with E-state index in [4.69, 9.17) is 38.7 Å². The van der Waals surface area contributed by atoms with Crippen molar-refractivity contribution in [2.24, 2.45) is 26.4 Å². The maximum atomic E-state index is 10.4. The number of likely N-dealkylation sites (N-methyl/N-ethyl adjacent to an activating group) is 1. The lowest BCUT2D eigenvalue weighted by molar-refractivity contribution is -0.0334. The highest BCUT2D eigenvalue weighted by Crippen LogP contribution is 2.35. The Kier molecular flexibility index (Phi) is 7.52. The van der Waals surface area contributed by atoms with Gasteiger partial charge in [-0.1, -0.05) is 0 Å². The molecule has 0 bridgehead atoms. The monoisotopic (exact) mass is 451 g/mol. The molecule has 0 radical (unpaired) electrons. The molecule has 0 amide bonds. The van der Waals surface area contributed by atoms with Gasteiger partial charge in [0, 0.05) is 6.54 Å². The highest BCUT2D eigenvalue weighted by Gasteiger charge is 2.57. The molecule has 0 aromatic heterocycles. The van der Waals surface area contributed by atoms with E-state index in [1.165, 1.54) is 0 Å². The Morgan fingerprint density at radius 2 is 1.90 bits per heavy atom. The first-order valence-electron chi connectivity index (χ1n) is 9.18. The number of nitrogens with zero attached hydrogens (tertiary/aromatic N) is 5. The van der Waals surface area contributed by atoms with E-state index >= 15 is 0 Å². The number of rotatable bonds is 5. The molecule has 1 fully saturated rings. The molecule has 0 aromatic rings. The van der Waals surface area contributed by atoms with Gasteiger partial charge in [0.1, 0.15) is 30.5 Å². The molecule has 0 saturated carbocycles. The SMILES string of the molecule is CC1=NC2(N(C)CCCN)C(N)=NCN=C2N1[C@@H]1O[C@H](C)[C@@H](O)[C@H]1O.O=S(=O)(O)O. The van der Waals surface area contributed by atoms with E-state index in [2.05, 4.69) is 9.98 Å². The Labute approximate surface area is 174 Å². The second kappa shape index (κ2) is 9.19. The summed E-state index contributed by atoms with van der Waals surface area (Å²) in [5, 5.41) is 20.5. The predicted octanol–water partition coefficient (Wildman–Crippen LogP) is -2.76. The molecule has 3 aliphatic rings. The van der Waals surface area contributed by atoms with Crippen LogP contribution in [0.25, 0.3) is 0 Å². The van der Waals surface area contributed by atoms with Gasteiger partial charge in [-0.05, 0) is 33.9 Å². The molecule has 1 unspecified atom stereocenters. The lowest BCUT2D eigenvalue weighted by Gasteiger charge is -2.39. The van der Waals surface area contributed by atoms with Crippen LogP contribution in [0.5, 0.6) is 0 Å². The van der Waals surface area contributed by atoms with Crippen molar-refractivity contribution in [1.82, 2.24) is 9.80 Å². The molecule has 0 aliphatic carbocycles. The quantitative estimate of drug-likeness (QED) is 0.235. The number of hydrogen-bond donors (Lipinski definition) is 6. The van der Waals surface area contributed by atoms with Gasteiger partial charge in [0.05, 0.1) is 6.10 Å². The Morgan fingerprint density at radius 3 is 2.40 bits per heavy atom. The Hall–Kier alpha value is -1.72. The van der Waals surface area contributed by atoms with Crippen LogP contribution in [0.3, 0.4) is 0 Å². The third-order valence-electron chi connectivity index (χ3n) is 5.01. The number of amidine groups is 3. The molecule has 3 aliphatic heterocycles. The Balaban J connectivity index is 0.000000575. The summed E-state index contributed by atoms with van der Waals surface area (Å²) in [6.07, 6.45) is -2.55. The summed E-state index contributed by atoms with van der Waals surface area (Å²) < 4.78 is 37.4. The van der Waals surface area contributed by atoms with Crippen molar-refractivity contribution < 1.29 is 32.5 Å². The minimum Gasteiger partial charge on any atom is -0.388 e. The van der Waals surface area contributed by atoms with Crippen LogP contribution in [0.1, 0.15) is 20.3 Å². The Bertz CT molecular complexity index is 825. The van der Waals surface area contributed by atoms with Crippen LogP contribution in [0.15, 0.2) is 15.0 Å². The molecular formula is C15H29N7O7S. The summed E-state index contributed by atoms with van der Waals surface area (Å²) in [6, 6.07) is 0. The van der Waals surface area contributed by atoms with Gasteiger partial charge in [-0.15, -0.1) is 0 Å². The van der Waals surface area contributed by atoms with Gasteiger partial charge in [-0.25, -0.2) is 15.0 Å². The van der Waals surface area contributed by atoms with E-state index in [-0.39, 0.29) is 6.67 Å². The number of hydrogen-bond acceptors (Lipinski definition) is 12. The van der Waals surface area contributed by atoms with Crippen LogP contribution >= 0.6 is 0 Å². The average Bonchev–Trinajstić information content (AvgIpc) is 3.07. The van der Waals surface area contributed by atoms with Crippen LogP contribution < -0.4 is 11.5 Å². The summed E-state index contributed by atoms with van der Waals surface area (Å²) in [6.45, 7) is 4.91. The fourth-order valence-corrected chi connectivity index (χ4v) is 3.59. The fourth-order valence-electron chi connectivity index (χ4n) is 3.59. The van der Waals surface area contributed by atoms with Crippen molar-refractivity contribution in [2.45, 2.75) is 50.5 Å².